The average molecular weight is 405 g/mol. The third kappa shape index (κ3) is 4.33. The molecule has 0 spiro atoms. The molecule has 0 fully saturated rings. The highest BCUT2D eigenvalue weighted by molar-refractivity contribution is 6.02. The number of fused-ring (bicyclic) bond motifs is 2. The molecule has 1 aliphatic rings. The van der Waals surface area contributed by atoms with E-state index in [1.165, 1.54) is 4.90 Å². The summed E-state index contributed by atoms with van der Waals surface area (Å²) in [6.07, 6.45) is 0. The van der Waals surface area contributed by atoms with Crippen molar-refractivity contribution in [1.29, 1.82) is 0 Å². The summed E-state index contributed by atoms with van der Waals surface area (Å²) in [4.78, 5) is 37.6. The van der Waals surface area contributed by atoms with E-state index in [4.69, 9.17) is 9.47 Å². The number of anilines is 1. The van der Waals surface area contributed by atoms with E-state index < -0.39 is 11.8 Å². The monoisotopic (exact) mass is 405 g/mol. The lowest BCUT2D eigenvalue weighted by Gasteiger charge is -2.28. The summed E-state index contributed by atoms with van der Waals surface area (Å²) < 4.78 is 10.8. The Kier molecular flexibility index (Phi) is 5.47. The first-order valence-electron chi connectivity index (χ1n) is 9.31. The summed E-state index contributed by atoms with van der Waals surface area (Å²) in [5, 5.41) is 2.07. The standard InChI is InChI=1S/C22H19N3O5/c26-20(12-25-18-7-3-4-8-19(18)30-14-22(25)28)23-24-21(27)13-29-17-10-9-15-5-1-2-6-16(15)11-17/h1-11H,12-14H2,(H,23,26)(H,24,27). The number of carbonyl (C=O) groups is 3. The zero-order valence-corrected chi connectivity index (χ0v) is 16.0. The number of para-hydroxylation sites is 2. The van der Waals surface area contributed by atoms with Gasteiger partial charge >= 0.3 is 0 Å². The molecule has 8 heteroatoms. The fourth-order valence-corrected chi connectivity index (χ4v) is 3.09. The van der Waals surface area contributed by atoms with Gasteiger partial charge in [0.1, 0.15) is 18.0 Å². The average Bonchev–Trinajstić information content (AvgIpc) is 2.78. The normalized spacial score (nSPS) is 12.7. The van der Waals surface area contributed by atoms with Gasteiger partial charge in [0.05, 0.1) is 5.69 Å². The molecule has 1 heterocycles. The molecule has 0 radical (unpaired) electrons. The van der Waals surface area contributed by atoms with Crippen molar-refractivity contribution < 1.29 is 23.9 Å². The Labute approximate surface area is 172 Å². The van der Waals surface area contributed by atoms with Crippen molar-refractivity contribution in [3.8, 4) is 11.5 Å². The van der Waals surface area contributed by atoms with E-state index in [0.717, 1.165) is 10.8 Å². The number of hydrogen-bond acceptors (Lipinski definition) is 5. The molecule has 0 aliphatic carbocycles. The van der Waals surface area contributed by atoms with E-state index in [-0.39, 0.29) is 25.7 Å². The molecule has 2 N–H and O–H groups in total. The van der Waals surface area contributed by atoms with Gasteiger partial charge in [0, 0.05) is 0 Å². The SMILES string of the molecule is O=C(COc1ccc2ccccc2c1)NNC(=O)CN1C(=O)COc2ccccc21. The number of hydrazine groups is 1. The van der Waals surface area contributed by atoms with Crippen LogP contribution >= 0.6 is 0 Å². The maximum atomic E-state index is 12.2. The van der Waals surface area contributed by atoms with Crippen LogP contribution in [-0.4, -0.2) is 37.5 Å². The Hall–Kier alpha value is -4.07. The minimum Gasteiger partial charge on any atom is -0.484 e. The highest BCUT2D eigenvalue weighted by Gasteiger charge is 2.27. The van der Waals surface area contributed by atoms with Gasteiger partial charge in [-0.25, -0.2) is 0 Å². The van der Waals surface area contributed by atoms with E-state index in [1.807, 2.05) is 36.4 Å². The number of amides is 3. The lowest BCUT2D eigenvalue weighted by molar-refractivity contribution is -0.130. The number of nitrogens with zero attached hydrogens (tertiary/aromatic N) is 1. The second-order valence-corrected chi connectivity index (χ2v) is 6.63. The molecule has 0 saturated heterocycles. The van der Waals surface area contributed by atoms with Crippen LogP contribution in [0.2, 0.25) is 0 Å². The molecular formula is C22H19N3O5. The van der Waals surface area contributed by atoms with Crippen LogP contribution in [-0.2, 0) is 14.4 Å². The molecule has 152 valence electrons. The maximum Gasteiger partial charge on any atom is 0.276 e. The Balaban J connectivity index is 1.27. The first kappa shape index (κ1) is 19.3. The number of ether oxygens (including phenoxy) is 2. The quantitative estimate of drug-likeness (QED) is 0.631. The number of rotatable bonds is 5. The van der Waals surface area contributed by atoms with Gasteiger partial charge < -0.3 is 9.47 Å². The molecule has 3 amide bonds. The highest BCUT2D eigenvalue weighted by Crippen LogP contribution is 2.31. The van der Waals surface area contributed by atoms with Gasteiger partial charge in [-0.15, -0.1) is 0 Å². The summed E-state index contributed by atoms with van der Waals surface area (Å²) >= 11 is 0. The van der Waals surface area contributed by atoms with E-state index in [2.05, 4.69) is 10.9 Å². The number of hydrogen-bond donors (Lipinski definition) is 2. The highest BCUT2D eigenvalue weighted by atomic mass is 16.5. The molecule has 0 atom stereocenters. The van der Waals surface area contributed by atoms with Crippen molar-refractivity contribution in [3.63, 3.8) is 0 Å². The first-order chi connectivity index (χ1) is 14.6. The minimum atomic E-state index is -0.542. The third-order valence-corrected chi connectivity index (χ3v) is 4.54. The summed E-state index contributed by atoms with van der Waals surface area (Å²) in [5.74, 6) is -0.331. The fraction of sp³-hybridized carbons (Fsp3) is 0.136. The van der Waals surface area contributed by atoms with E-state index in [0.29, 0.717) is 17.2 Å². The van der Waals surface area contributed by atoms with Crippen molar-refractivity contribution in [1.82, 2.24) is 10.9 Å². The number of benzene rings is 3. The molecule has 1 aliphatic heterocycles. The Bertz CT molecular complexity index is 1110. The van der Waals surface area contributed by atoms with Gasteiger partial charge in [-0.3, -0.25) is 30.1 Å². The van der Waals surface area contributed by atoms with Crippen LogP contribution in [0.5, 0.6) is 11.5 Å². The lowest BCUT2D eigenvalue weighted by Crippen LogP contribution is -2.50. The van der Waals surface area contributed by atoms with Gasteiger partial charge in [-0.2, -0.15) is 0 Å². The van der Waals surface area contributed by atoms with Crippen molar-refractivity contribution in [2.24, 2.45) is 0 Å². The predicted octanol–water partition coefficient (Wildman–Crippen LogP) is 1.79. The number of carbonyl (C=O) groups excluding carboxylic acids is 3. The molecule has 30 heavy (non-hydrogen) atoms. The summed E-state index contributed by atoms with van der Waals surface area (Å²) in [7, 11) is 0. The third-order valence-electron chi connectivity index (χ3n) is 4.54. The predicted molar refractivity (Wildman–Crippen MR) is 110 cm³/mol. The molecule has 0 bridgehead atoms. The smallest absolute Gasteiger partial charge is 0.276 e. The summed E-state index contributed by atoms with van der Waals surface area (Å²) in [6, 6.07) is 20.3. The molecule has 0 saturated carbocycles. The Morgan fingerprint density at radius 1 is 0.933 bits per heavy atom. The topological polar surface area (TPSA) is 97.0 Å². The van der Waals surface area contributed by atoms with Crippen LogP contribution in [0.15, 0.2) is 66.7 Å². The Morgan fingerprint density at radius 2 is 1.67 bits per heavy atom. The molecule has 4 rings (SSSR count). The van der Waals surface area contributed by atoms with Crippen LogP contribution < -0.4 is 25.2 Å². The summed E-state index contributed by atoms with van der Waals surface area (Å²) in [5.41, 5.74) is 5.09. The van der Waals surface area contributed by atoms with Gasteiger partial charge in [0.15, 0.2) is 13.2 Å². The Morgan fingerprint density at radius 3 is 2.53 bits per heavy atom. The van der Waals surface area contributed by atoms with Crippen molar-refractivity contribution in [2.45, 2.75) is 0 Å². The zero-order valence-electron chi connectivity index (χ0n) is 16.0. The van der Waals surface area contributed by atoms with Gasteiger partial charge in [-0.1, -0.05) is 42.5 Å². The van der Waals surface area contributed by atoms with Gasteiger partial charge in [0.25, 0.3) is 17.7 Å². The van der Waals surface area contributed by atoms with E-state index in [1.54, 1.807) is 30.3 Å². The van der Waals surface area contributed by atoms with Crippen molar-refractivity contribution in [2.75, 3.05) is 24.7 Å². The maximum absolute atomic E-state index is 12.2. The lowest BCUT2D eigenvalue weighted by atomic mass is 10.1. The first-order valence-corrected chi connectivity index (χ1v) is 9.31. The van der Waals surface area contributed by atoms with Crippen LogP contribution in [0.3, 0.4) is 0 Å². The minimum absolute atomic E-state index is 0.143. The van der Waals surface area contributed by atoms with Crippen molar-refractivity contribution in [3.05, 3.63) is 66.7 Å². The molecule has 3 aromatic carbocycles. The summed E-state index contributed by atoms with van der Waals surface area (Å²) in [6.45, 7) is -0.654. The van der Waals surface area contributed by atoms with Crippen LogP contribution in [0.4, 0.5) is 5.69 Å². The second-order valence-electron chi connectivity index (χ2n) is 6.63. The second kappa shape index (κ2) is 8.52. The molecule has 3 aromatic rings. The zero-order chi connectivity index (χ0) is 20.9. The molecular weight excluding hydrogens is 386 g/mol. The van der Waals surface area contributed by atoms with E-state index in [9.17, 15) is 14.4 Å². The van der Waals surface area contributed by atoms with Crippen LogP contribution in [0.1, 0.15) is 0 Å². The van der Waals surface area contributed by atoms with Crippen LogP contribution in [0.25, 0.3) is 10.8 Å². The van der Waals surface area contributed by atoms with Gasteiger partial charge in [0.2, 0.25) is 0 Å². The van der Waals surface area contributed by atoms with E-state index >= 15 is 0 Å². The fourth-order valence-electron chi connectivity index (χ4n) is 3.09. The van der Waals surface area contributed by atoms with Gasteiger partial charge in [-0.05, 0) is 35.0 Å². The van der Waals surface area contributed by atoms with Crippen LogP contribution in [0, 0.1) is 0 Å². The van der Waals surface area contributed by atoms with Crippen molar-refractivity contribution >= 4 is 34.2 Å². The molecule has 8 nitrogen and oxygen atoms in total. The number of nitrogens with one attached hydrogen (secondary N) is 2. The largest absolute Gasteiger partial charge is 0.484 e. The molecule has 0 unspecified atom stereocenters. The molecule has 0 aromatic heterocycles.